The van der Waals surface area contributed by atoms with E-state index in [9.17, 15) is 0 Å². The quantitative estimate of drug-likeness (QED) is 0.919. The SMILES string of the molecule is CC(N)c1ccc(OCc2ccccn2)c(Cl)c1. The molecule has 1 aromatic carbocycles. The molecule has 2 N–H and O–H groups in total. The van der Waals surface area contributed by atoms with Gasteiger partial charge in [0.2, 0.25) is 0 Å². The topological polar surface area (TPSA) is 48.1 Å². The summed E-state index contributed by atoms with van der Waals surface area (Å²) < 4.78 is 5.62. The maximum atomic E-state index is 6.14. The Morgan fingerprint density at radius 3 is 2.78 bits per heavy atom. The Morgan fingerprint density at radius 2 is 2.17 bits per heavy atom. The Kier molecular flexibility index (Phi) is 4.18. The van der Waals surface area contributed by atoms with Gasteiger partial charge in [-0.2, -0.15) is 0 Å². The van der Waals surface area contributed by atoms with Gasteiger partial charge in [0.25, 0.3) is 0 Å². The van der Waals surface area contributed by atoms with Crippen molar-refractivity contribution in [2.75, 3.05) is 0 Å². The van der Waals surface area contributed by atoms with Crippen LogP contribution in [0.3, 0.4) is 0 Å². The van der Waals surface area contributed by atoms with Crippen LogP contribution in [0.2, 0.25) is 5.02 Å². The second-order valence-electron chi connectivity index (χ2n) is 4.09. The molecule has 0 saturated carbocycles. The lowest BCUT2D eigenvalue weighted by atomic mass is 10.1. The Balaban J connectivity index is 2.06. The molecule has 2 rings (SSSR count). The summed E-state index contributed by atoms with van der Waals surface area (Å²) in [5.74, 6) is 0.645. The molecule has 4 heteroatoms. The first-order valence-electron chi connectivity index (χ1n) is 5.74. The Bertz CT molecular complexity index is 514. The highest BCUT2D eigenvalue weighted by atomic mass is 35.5. The number of nitrogens with two attached hydrogens (primary N) is 1. The van der Waals surface area contributed by atoms with Crippen LogP contribution < -0.4 is 10.5 Å². The highest BCUT2D eigenvalue weighted by Crippen LogP contribution is 2.27. The largest absolute Gasteiger partial charge is 0.486 e. The first kappa shape index (κ1) is 12.9. The average Bonchev–Trinajstić information content (AvgIpc) is 2.38. The molecule has 0 aliphatic carbocycles. The summed E-state index contributed by atoms with van der Waals surface area (Å²) in [4.78, 5) is 4.18. The summed E-state index contributed by atoms with van der Waals surface area (Å²) in [5, 5.41) is 0.570. The molecule has 0 saturated heterocycles. The van der Waals surface area contributed by atoms with E-state index in [-0.39, 0.29) is 6.04 Å². The van der Waals surface area contributed by atoms with Crippen molar-refractivity contribution < 1.29 is 4.74 Å². The average molecular weight is 263 g/mol. The molecule has 0 spiro atoms. The van der Waals surface area contributed by atoms with Crippen LogP contribution in [0.1, 0.15) is 24.2 Å². The molecule has 1 heterocycles. The minimum Gasteiger partial charge on any atom is -0.486 e. The number of halogens is 1. The van der Waals surface area contributed by atoms with Gasteiger partial charge in [-0.15, -0.1) is 0 Å². The molecule has 2 aromatic rings. The third-order valence-electron chi connectivity index (χ3n) is 2.58. The Hall–Kier alpha value is -1.58. The molecule has 1 atom stereocenters. The molecule has 1 unspecified atom stereocenters. The van der Waals surface area contributed by atoms with Gasteiger partial charge in [-0.3, -0.25) is 4.98 Å². The molecule has 0 fully saturated rings. The number of aromatic nitrogens is 1. The molecule has 18 heavy (non-hydrogen) atoms. The number of pyridine rings is 1. The van der Waals surface area contributed by atoms with E-state index in [1.54, 1.807) is 6.20 Å². The molecular formula is C14H15ClN2O. The van der Waals surface area contributed by atoms with Gasteiger partial charge in [-0.25, -0.2) is 0 Å². The predicted octanol–water partition coefficient (Wildman–Crippen LogP) is 3.33. The molecule has 94 valence electrons. The van der Waals surface area contributed by atoms with E-state index in [0.29, 0.717) is 17.4 Å². The molecule has 0 radical (unpaired) electrons. The summed E-state index contributed by atoms with van der Waals surface area (Å²) in [6, 6.07) is 11.3. The fraction of sp³-hybridized carbons (Fsp3) is 0.214. The monoisotopic (exact) mass is 262 g/mol. The van der Waals surface area contributed by atoms with Crippen LogP contribution in [0, 0.1) is 0 Å². The second kappa shape index (κ2) is 5.85. The van der Waals surface area contributed by atoms with Crippen LogP contribution >= 0.6 is 11.6 Å². The number of rotatable bonds is 4. The van der Waals surface area contributed by atoms with Gasteiger partial charge in [0.05, 0.1) is 10.7 Å². The van der Waals surface area contributed by atoms with E-state index in [2.05, 4.69) is 4.98 Å². The van der Waals surface area contributed by atoms with E-state index in [1.807, 2.05) is 43.3 Å². The lowest BCUT2D eigenvalue weighted by Crippen LogP contribution is -2.05. The van der Waals surface area contributed by atoms with Crippen LogP contribution in [-0.4, -0.2) is 4.98 Å². The number of nitrogens with zero attached hydrogens (tertiary/aromatic N) is 1. The van der Waals surface area contributed by atoms with Crippen LogP contribution in [-0.2, 0) is 6.61 Å². The summed E-state index contributed by atoms with van der Waals surface area (Å²) in [7, 11) is 0. The third kappa shape index (κ3) is 3.22. The normalized spacial score (nSPS) is 12.2. The molecule has 1 aromatic heterocycles. The van der Waals surface area contributed by atoms with Gasteiger partial charge in [0, 0.05) is 12.2 Å². The zero-order valence-corrected chi connectivity index (χ0v) is 10.9. The Morgan fingerprint density at radius 1 is 1.33 bits per heavy atom. The highest BCUT2D eigenvalue weighted by molar-refractivity contribution is 6.32. The lowest BCUT2D eigenvalue weighted by Gasteiger charge is -2.10. The van der Waals surface area contributed by atoms with Crippen molar-refractivity contribution in [2.45, 2.75) is 19.6 Å². The van der Waals surface area contributed by atoms with Crippen molar-refractivity contribution in [3.8, 4) is 5.75 Å². The van der Waals surface area contributed by atoms with Crippen LogP contribution in [0.5, 0.6) is 5.75 Å². The van der Waals surface area contributed by atoms with Gasteiger partial charge in [0.15, 0.2) is 0 Å². The van der Waals surface area contributed by atoms with E-state index in [0.717, 1.165) is 11.3 Å². The summed E-state index contributed by atoms with van der Waals surface area (Å²) in [6.07, 6.45) is 1.74. The molecule has 0 amide bonds. The van der Waals surface area contributed by atoms with Gasteiger partial charge >= 0.3 is 0 Å². The van der Waals surface area contributed by atoms with Gasteiger partial charge in [-0.05, 0) is 36.8 Å². The van der Waals surface area contributed by atoms with Crippen molar-refractivity contribution in [1.82, 2.24) is 4.98 Å². The van der Waals surface area contributed by atoms with Gasteiger partial charge < -0.3 is 10.5 Å². The van der Waals surface area contributed by atoms with Gasteiger partial charge in [-0.1, -0.05) is 23.7 Å². The standard InChI is InChI=1S/C14H15ClN2O/c1-10(16)11-5-6-14(13(15)8-11)18-9-12-4-2-3-7-17-12/h2-8,10H,9,16H2,1H3. The zero-order valence-electron chi connectivity index (χ0n) is 10.1. The molecule has 0 bridgehead atoms. The summed E-state index contributed by atoms with van der Waals surface area (Å²) in [5.41, 5.74) is 7.64. The number of hydrogen-bond acceptors (Lipinski definition) is 3. The molecule has 3 nitrogen and oxygen atoms in total. The van der Waals surface area contributed by atoms with Crippen LogP contribution in [0.15, 0.2) is 42.6 Å². The number of hydrogen-bond donors (Lipinski definition) is 1. The van der Waals surface area contributed by atoms with Crippen molar-refractivity contribution in [1.29, 1.82) is 0 Å². The van der Waals surface area contributed by atoms with E-state index in [4.69, 9.17) is 22.1 Å². The molecule has 0 aliphatic rings. The Labute approximate surface area is 112 Å². The summed E-state index contributed by atoms with van der Waals surface area (Å²) in [6.45, 7) is 2.32. The fourth-order valence-electron chi connectivity index (χ4n) is 1.55. The van der Waals surface area contributed by atoms with Crippen LogP contribution in [0.25, 0.3) is 0 Å². The lowest BCUT2D eigenvalue weighted by molar-refractivity contribution is 0.301. The van der Waals surface area contributed by atoms with Gasteiger partial charge in [0.1, 0.15) is 12.4 Å². The first-order chi connectivity index (χ1) is 8.66. The minimum absolute atomic E-state index is 0.0349. The van der Waals surface area contributed by atoms with Crippen LogP contribution in [0.4, 0.5) is 0 Å². The summed E-state index contributed by atoms with van der Waals surface area (Å²) >= 11 is 6.14. The van der Waals surface area contributed by atoms with Crippen molar-refractivity contribution in [2.24, 2.45) is 5.73 Å². The van der Waals surface area contributed by atoms with E-state index >= 15 is 0 Å². The second-order valence-corrected chi connectivity index (χ2v) is 4.50. The molecular weight excluding hydrogens is 248 g/mol. The highest BCUT2D eigenvalue weighted by Gasteiger charge is 2.06. The van der Waals surface area contributed by atoms with Crippen molar-refractivity contribution in [3.05, 3.63) is 58.9 Å². The maximum absolute atomic E-state index is 6.14. The minimum atomic E-state index is -0.0349. The van der Waals surface area contributed by atoms with E-state index in [1.165, 1.54) is 0 Å². The third-order valence-corrected chi connectivity index (χ3v) is 2.88. The molecule has 0 aliphatic heterocycles. The number of ether oxygens (including phenoxy) is 1. The smallest absolute Gasteiger partial charge is 0.138 e. The van der Waals surface area contributed by atoms with E-state index < -0.39 is 0 Å². The maximum Gasteiger partial charge on any atom is 0.138 e. The fourth-order valence-corrected chi connectivity index (χ4v) is 1.80. The van der Waals surface area contributed by atoms with Crippen molar-refractivity contribution >= 4 is 11.6 Å². The van der Waals surface area contributed by atoms with Crippen molar-refractivity contribution in [3.63, 3.8) is 0 Å². The predicted molar refractivity (Wildman–Crippen MR) is 72.6 cm³/mol. The zero-order chi connectivity index (χ0) is 13.0. The number of benzene rings is 1. The first-order valence-corrected chi connectivity index (χ1v) is 6.12.